The smallest absolute Gasteiger partial charge is 0.264 e. The number of hydrogen-bond acceptors (Lipinski definition) is 5. The van der Waals surface area contributed by atoms with Crippen molar-refractivity contribution in [1.82, 2.24) is 10.2 Å². The number of methoxy groups -OCH3 is 1. The van der Waals surface area contributed by atoms with Crippen molar-refractivity contribution in [2.45, 2.75) is 44.2 Å². The highest BCUT2D eigenvalue weighted by Gasteiger charge is 2.34. The molecule has 0 aliphatic heterocycles. The second-order valence-electron chi connectivity index (χ2n) is 10.7. The highest BCUT2D eigenvalue weighted by Crippen LogP contribution is 2.27. The van der Waals surface area contributed by atoms with Crippen LogP contribution in [-0.2, 0) is 32.6 Å². The molecule has 236 valence electrons. The number of nitrogens with zero attached hydrogens (tertiary/aromatic N) is 2. The van der Waals surface area contributed by atoms with Crippen LogP contribution >= 0.6 is 0 Å². The summed E-state index contributed by atoms with van der Waals surface area (Å²) in [6, 6.07) is 26.7. The minimum absolute atomic E-state index is 0.0170. The lowest BCUT2D eigenvalue weighted by Gasteiger charge is -2.34. The van der Waals surface area contributed by atoms with Crippen molar-refractivity contribution in [1.29, 1.82) is 0 Å². The second kappa shape index (κ2) is 15.3. The van der Waals surface area contributed by atoms with Crippen LogP contribution in [0.3, 0.4) is 0 Å². The summed E-state index contributed by atoms with van der Waals surface area (Å²) in [4.78, 5) is 29.5. The summed E-state index contributed by atoms with van der Waals surface area (Å²) in [5.41, 5.74) is 2.55. The summed E-state index contributed by atoms with van der Waals surface area (Å²) >= 11 is 0. The molecular formula is C35H38FN3O5S. The Bertz CT molecular complexity index is 1660. The molecule has 0 heterocycles. The van der Waals surface area contributed by atoms with E-state index >= 15 is 0 Å². The summed E-state index contributed by atoms with van der Waals surface area (Å²) in [6.45, 7) is 3.55. The molecule has 0 bridgehead atoms. The first kappa shape index (κ1) is 33.2. The fraction of sp³-hybridized carbons (Fsp3) is 0.257. The van der Waals surface area contributed by atoms with Gasteiger partial charge in [-0.2, -0.15) is 0 Å². The Balaban J connectivity index is 1.79. The van der Waals surface area contributed by atoms with Crippen LogP contribution in [0.4, 0.5) is 10.1 Å². The number of nitrogens with one attached hydrogen (secondary N) is 1. The third kappa shape index (κ3) is 8.69. The zero-order valence-electron chi connectivity index (χ0n) is 25.6. The number of anilines is 1. The third-order valence-corrected chi connectivity index (χ3v) is 9.12. The average Bonchev–Trinajstić information content (AvgIpc) is 3.05. The molecule has 1 atom stereocenters. The van der Waals surface area contributed by atoms with Gasteiger partial charge >= 0.3 is 0 Å². The Kier molecular flexibility index (Phi) is 11.3. The number of carbonyl (C=O) groups excluding carboxylic acids is 2. The lowest BCUT2D eigenvalue weighted by molar-refractivity contribution is -0.140. The number of benzene rings is 4. The third-order valence-electron chi connectivity index (χ3n) is 7.33. The predicted octanol–water partition coefficient (Wildman–Crippen LogP) is 5.50. The zero-order valence-corrected chi connectivity index (χ0v) is 26.5. The van der Waals surface area contributed by atoms with E-state index in [1.54, 1.807) is 48.5 Å². The van der Waals surface area contributed by atoms with Gasteiger partial charge < -0.3 is 15.0 Å². The van der Waals surface area contributed by atoms with E-state index in [0.717, 1.165) is 15.4 Å². The van der Waals surface area contributed by atoms with E-state index in [-0.39, 0.29) is 29.5 Å². The van der Waals surface area contributed by atoms with Gasteiger partial charge in [-0.15, -0.1) is 0 Å². The van der Waals surface area contributed by atoms with Crippen molar-refractivity contribution in [2.24, 2.45) is 0 Å². The van der Waals surface area contributed by atoms with E-state index in [9.17, 15) is 22.4 Å². The molecule has 1 N–H and O–H groups in total. The van der Waals surface area contributed by atoms with Crippen LogP contribution in [0.5, 0.6) is 5.75 Å². The van der Waals surface area contributed by atoms with Gasteiger partial charge in [0.2, 0.25) is 11.8 Å². The Morgan fingerprint density at radius 1 is 0.867 bits per heavy atom. The molecule has 0 saturated heterocycles. The standard InChI is InChI=1S/C35H38FN3O5S/c1-4-22-37-35(41)33(23-27-8-6-5-7-9-27)38(24-28-12-14-29(36)15-13-28)34(40)25-39(30-16-18-31(44-3)19-17-30)45(42,43)32-20-10-26(2)11-21-32/h5-21,33H,4,22-25H2,1-3H3,(H,37,41)/t33-/m0/s1. The van der Waals surface area contributed by atoms with Gasteiger partial charge in [-0.1, -0.05) is 67.1 Å². The highest BCUT2D eigenvalue weighted by atomic mass is 32.2. The van der Waals surface area contributed by atoms with Gasteiger partial charge in [0, 0.05) is 19.5 Å². The van der Waals surface area contributed by atoms with Crippen molar-refractivity contribution in [3.63, 3.8) is 0 Å². The van der Waals surface area contributed by atoms with Gasteiger partial charge in [0.25, 0.3) is 10.0 Å². The molecule has 10 heteroatoms. The van der Waals surface area contributed by atoms with E-state index < -0.39 is 34.3 Å². The van der Waals surface area contributed by atoms with Gasteiger partial charge in [0.05, 0.1) is 17.7 Å². The molecule has 0 saturated carbocycles. The first-order valence-corrected chi connectivity index (χ1v) is 16.2. The normalized spacial score (nSPS) is 11.8. The molecule has 2 amide bonds. The minimum Gasteiger partial charge on any atom is -0.497 e. The number of sulfonamides is 1. The Morgan fingerprint density at radius 3 is 2.11 bits per heavy atom. The maximum atomic E-state index is 14.4. The molecule has 0 radical (unpaired) electrons. The van der Waals surface area contributed by atoms with Gasteiger partial charge in [-0.25, -0.2) is 12.8 Å². The van der Waals surface area contributed by atoms with Crippen molar-refractivity contribution >= 4 is 27.5 Å². The Hall–Kier alpha value is -4.70. The summed E-state index contributed by atoms with van der Waals surface area (Å²) < 4.78 is 48.3. The fourth-order valence-electron chi connectivity index (χ4n) is 4.82. The maximum Gasteiger partial charge on any atom is 0.264 e. The number of halogens is 1. The number of rotatable bonds is 14. The molecule has 4 aromatic rings. The van der Waals surface area contributed by atoms with Crippen LogP contribution < -0.4 is 14.4 Å². The molecule has 45 heavy (non-hydrogen) atoms. The number of amides is 2. The van der Waals surface area contributed by atoms with E-state index in [1.807, 2.05) is 44.2 Å². The maximum absolute atomic E-state index is 14.4. The van der Waals surface area contributed by atoms with Gasteiger partial charge in [0.1, 0.15) is 24.2 Å². The molecule has 0 unspecified atom stereocenters. The van der Waals surface area contributed by atoms with Crippen LogP contribution in [0.2, 0.25) is 0 Å². The van der Waals surface area contributed by atoms with Crippen molar-refractivity contribution in [2.75, 3.05) is 24.5 Å². The molecule has 0 aliphatic carbocycles. The largest absolute Gasteiger partial charge is 0.497 e. The first-order chi connectivity index (χ1) is 21.6. The number of carbonyl (C=O) groups is 2. The summed E-state index contributed by atoms with van der Waals surface area (Å²) in [7, 11) is -2.72. The monoisotopic (exact) mass is 631 g/mol. The average molecular weight is 632 g/mol. The van der Waals surface area contributed by atoms with Gasteiger partial charge in [-0.05, 0) is 73.0 Å². The van der Waals surface area contributed by atoms with Crippen LogP contribution in [-0.4, -0.2) is 51.4 Å². The van der Waals surface area contributed by atoms with E-state index in [4.69, 9.17) is 4.74 Å². The molecule has 4 aromatic carbocycles. The summed E-state index contributed by atoms with van der Waals surface area (Å²) in [5.74, 6) is -0.883. The number of aryl methyl sites for hydroxylation is 1. The fourth-order valence-corrected chi connectivity index (χ4v) is 6.24. The summed E-state index contributed by atoms with van der Waals surface area (Å²) in [6.07, 6.45) is 0.881. The number of ether oxygens (including phenoxy) is 1. The topological polar surface area (TPSA) is 96.0 Å². The highest BCUT2D eigenvalue weighted by molar-refractivity contribution is 7.92. The molecule has 0 aromatic heterocycles. The van der Waals surface area contributed by atoms with E-state index in [1.165, 1.54) is 36.3 Å². The molecule has 8 nitrogen and oxygen atoms in total. The van der Waals surface area contributed by atoms with Crippen LogP contribution in [0.1, 0.15) is 30.0 Å². The summed E-state index contributed by atoms with van der Waals surface area (Å²) in [5, 5.41) is 2.90. The van der Waals surface area contributed by atoms with E-state index in [0.29, 0.717) is 24.3 Å². The van der Waals surface area contributed by atoms with Crippen LogP contribution in [0.15, 0.2) is 108 Å². The predicted molar refractivity (Wildman–Crippen MR) is 173 cm³/mol. The SMILES string of the molecule is CCCNC(=O)[C@H](Cc1ccccc1)N(Cc1ccc(F)cc1)C(=O)CN(c1ccc(OC)cc1)S(=O)(=O)c1ccc(C)cc1. The quantitative estimate of drug-likeness (QED) is 0.198. The van der Waals surface area contributed by atoms with Gasteiger partial charge in [-0.3, -0.25) is 13.9 Å². The molecule has 4 rings (SSSR count). The lowest BCUT2D eigenvalue weighted by atomic mass is 10.0. The zero-order chi connectivity index (χ0) is 32.4. The van der Waals surface area contributed by atoms with Crippen LogP contribution in [0, 0.1) is 12.7 Å². The second-order valence-corrected chi connectivity index (χ2v) is 12.5. The number of hydrogen-bond donors (Lipinski definition) is 1. The van der Waals surface area contributed by atoms with Crippen molar-refractivity contribution in [3.8, 4) is 5.75 Å². The molecular weight excluding hydrogens is 593 g/mol. The minimum atomic E-state index is -4.22. The molecule has 0 fully saturated rings. The Morgan fingerprint density at radius 2 is 1.51 bits per heavy atom. The lowest BCUT2D eigenvalue weighted by Crippen LogP contribution is -2.53. The van der Waals surface area contributed by atoms with E-state index in [2.05, 4.69) is 5.32 Å². The van der Waals surface area contributed by atoms with Crippen LogP contribution in [0.25, 0.3) is 0 Å². The van der Waals surface area contributed by atoms with Gasteiger partial charge in [0.15, 0.2) is 0 Å². The first-order valence-electron chi connectivity index (χ1n) is 14.7. The molecule has 0 aliphatic rings. The molecule has 0 spiro atoms. The van der Waals surface area contributed by atoms with Crippen molar-refractivity contribution < 1.29 is 27.1 Å². The Labute approximate surface area is 264 Å². The van der Waals surface area contributed by atoms with Crippen molar-refractivity contribution in [3.05, 3.63) is 126 Å².